The maximum absolute atomic E-state index is 14.6. The van der Waals surface area contributed by atoms with Gasteiger partial charge in [0.05, 0.1) is 10.6 Å². The lowest BCUT2D eigenvalue weighted by Crippen LogP contribution is -2.54. The Morgan fingerprint density at radius 2 is 1.64 bits per heavy atom. The molecule has 208 valence electrons. The molecule has 0 aromatic heterocycles. The molecule has 3 rings (SSSR count). The van der Waals surface area contributed by atoms with Crippen LogP contribution in [0.15, 0.2) is 82.2 Å². The van der Waals surface area contributed by atoms with Crippen LogP contribution in [0.5, 0.6) is 0 Å². The Bertz CT molecular complexity index is 1440. The van der Waals surface area contributed by atoms with E-state index in [9.17, 15) is 22.4 Å². The van der Waals surface area contributed by atoms with Gasteiger partial charge in [-0.1, -0.05) is 57.9 Å². The Kier molecular flexibility index (Phi) is 9.55. The van der Waals surface area contributed by atoms with Crippen LogP contribution in [-0.2, 0) is 26.2 Å². The second-order valence-electron chi connectivity index (χ2n) is 10.3. The van der Waals surface area contributed by atoms with Crippen LogP contribution in [-0.4, -0.2) is 43.3 Å². The summed E-state index contributed by atoms with van der Waals surface area (Å²) < 4.78 is 43.9. The minimum Gasteiger partial charge on any atom is -0.350 e. The molecule has 0 saturated heterocycles. The van der Waals surface area contributed by atoms with E-state index in [-0.39, 0.29) is 22.7 Å². The summed E-state index contributed by atoms with van der Waals surface area (Å²) >= 11 is 3.37. The first-order chi connectivity index (χ1) is 18.2. The number of nitrogens with one attached hydrogen (secondary N) is 1. The highest BCUT2D eigenvalue weighted by molar-refractivity contribution is 9.10. The molecule has 0 saturated carbocycles. The van der Waals surface area contributed by atoms with Gasteiger partial charge >= 0.3 is 0 Å². The molecule has 0 aliphatic rings. The number of sulfonamides is 1. The molecule has 7 nitrogen and oxygen atoms in total. The van der Waals surface area contributed by atoms with E-state index in [0.29, 0.717) is 4.47 Å². The molecule has 0 aliphatic heterocycles. The standard InChI is InChI=1S/C29H33BrFN3O4S/c1-20-13-15-25(16-14-20)39(37,38)34(24-11-8-10-23(30)17-24)19-27(35)33(18-22-9-6-7-12-26(22)31)21(2)28(36)32-29(3,4)5/h6-17,21H,18-19H2,1-5H3,(H,32,36)/t21-/m0/s1. The predicted octanol–water partition coefficient (Wildman–Crippen LogP) is 5.42. The van der Waals surface area contributed by atoms with Gasteiger partial charge in [0.1, 0.15) is 18.4 Å². The molecule has 2 amide bonds. The molecular weight excluding hydrogens is 585 g/mol. The minimum absolute atomic E-state index is 0.0139. The van der Waals surface area contributed by atoms with Crippen molar-refractivity contribution >= 4 is 43.5 Å². The van der Waals surface area contributed by atoms with Crippen molar-refractivity contribution in [2.45, 2.75) is 57.6 Å². The van der Waals surface area contributed by atoms with E-state index in [2.05, 4.69) is 21.2 Å². The van der Waals surface area contributed by atoms with E-state index in [4.69, 9.17) is 0 Å². The largest absolute Gasteiger partial charge is 0.350 e. The van der Waals surface area contributed by atoms with Gasteiger partial charge in [-0.05, 0) is 71.0 Å². The van der Waals surface area contributed by atoms with Crippen LogP contribution >= 0.6 is 15.9 Å². The number of carbonyl (C=O) groups is 2. The molecule has 3 aromatic carbocycles. The molecule has 1 N–H and O–H groups in total. The summed E-state index contributed by atoms with van der Waals surface area (Å²) in [6, 6.07) is 17.9. The number of aryl methyl sites for hydroxylation is 1. The van der Waals surface area contributed by atoms with Crippen LogP contribution in [0.4, 0.5) is 10.1 Å². The minimum atomic E-state index is -4.18. The van der Waals surface area contributed by atoms with E-state index >= 15 is 0 Å². The Labute approximate surface area is 238 Å². The maximum Gasteiger partial charge on any atom is 0.264 e. The number of hydrogen-bond acceptors (Lipinski definition) is 4. The lowest BCUT2D eigenvalue weighted by molar-refractivity contribution is -0.140. The normalized spacial score (nSPS) is 12.5. The van der Waals surface area contributed by atoms with Crippen LogP contribution in [0.2, 0.25) is 0 Å². The predicted molar refractivity (Wildman–Crippen MR) is 154 cm³/mol. The molecule has 1 atom stereocenters. The Balaban J connectivity index is 2.05. The zero-order chi connectivity index (χ0) is 29.0. The van der Waals surface area contributed by atoms with Crippen molar-refractivity contribution in [2.75, 3.05) is 10.8 Å². The molecule has 0 radical (unpaired) electrons. The van der Waals surface area contributed by atoms with E-state index < -0.39 is 45.8 Å². The van der Waals surface area contributed by atoms with Gasteiger partial charge in [-0.2, -0.15) is 0 Å². The summed E-state index contributed by atoms with van der Waals surface area (Å²) in [6.45, 7) is 7.99. The van der Waals surface area contributed by atoms with Crippen LogP contribution in [0, 0.1) is 12.7 Å². The molecule has 3 aromatic rings. The van der Waals surface area contributed by atoms with Crippen molar-refractivity contribution in [3.05, 3.63) is 94.2 Å². The van der Waals surface area contributed by atoms with Crippen molar-refractivity contribution in [3.8, 4) is 0 Å². The van der Waals surface area contributed by atoms with Crippen LogP contribution < -0.4 is 9.62 Å². The first-order valence-corrected chi connectivity index (χ1v) is 14.6. The SMILES string of the molecule is Cc1ccc(S(=O)(=O)N(CC(=O)N(Cc2ccccc2F)[C@@H](C)C(=O)NC(C)(C)C)c2cccc(Br)c2)cc1. The number of hydrogen-bond donors (Lipinski definition) is 1. The number of carbonyl (C=O) groups excluding carboxylic acids is 2. The van der Waals surface area contributed by atoms with Gasteiger partial charge in [-0.15, -0.1) is 0 Å². The fraction of sp³-hybridized carbons (Fsp3) is 0.310. The number of amides is 2. The average Bonchev–Trinajstić information content (AvgIpc) is 2.85. The highest BCUT2D eigenvalue weighted by Gasteiger charge is 2.33. The summed E-state index contributed by atoms with van der Waals surface area (Å²) in [4.78, 5) is 28.2. The number of halogens is 2. The first-order valence-electron chi connectivity index (χ1n) is 12.4. The Hall–Kier alpha value is -3.24. The van der Waals surface area contributed by atoms with Crippen molar-refractivity contribution in [1.29, 1.82) is 0 Å². The third-order valence-corrected chi connectivity index (χ3v) is 8.23. The van der Waals surface area contributed by atoms with Gasteiger partial charge < -0.3 is 10.2 Å². The van der Waals surface area contributed by atoms with Gasteiger partial charge in [-0.25, -0.2) is 12.8 Å². The molecule has 0 unspecified atom stereocenters. The molecule has 0 fully saturated rings. The van der Waals surface area contributed by atoms with Crippen molar-refractivity contribution in [3.63, 3.8) is 0 Å². The third-order valence-electron chi connectivity index (χ3n) is 5.95. The van der Waals surface area contributed by atoms with Gasteiger partial charge in [0.25, 0.3) is 10.0 Å². The smallest absolute Gasteiger partial charge is 0.264 e. The van der Waals surface area contributed by atoms with Crippen molar-refractivity contribution in [1.82, 2.24) is 10.2 Å². The fourth-order valence-electron chi connectivity index (χ4n) is 3.86. The van der Waals surface area contributed by atoms with Crippen LogP contribution in [0.3, 0.4) is 0 Å². The molecular formula is C29H33BrFN3O4S. The van der Waals surface area contributed by atoms with Gasteiger partial charge in [0, 0.05) is 22.1 Å². The number of nitrogens with zero attached hydrogens (tertiary/aromatic N) is 2. The summed E-state index contributed by atoms with van der Waals surface area (Å²) in [5.74, 6) is -1.64. The number of anilines is 1. The molecule has 0 aliphatic carbocycles. The summed E-state index contributed by atoms with van der Waals surface area (Å²) in [5, 5.41) is 2.84. The maximum atomic E-state index is 14.6. The van der Waals surface area contributed by atoms with Gasteiger partial charge in [-0.3, -0.25) is 13.9 Å². The molecule has 0 heterocycles. The highest BCUT2D eigenvalue weighted by atomic mass is 79.9. The molecule has 0 bridgehead atoms. The second kappa shape index (κ2) is 12.3. The van der Waals surface area contributed by atoms with E-state index in [0.717, 1.165) is 9.87 Å². The van der Waals surface area contributed by atoms with Crippen molar-refractivity contribution < 1.29 is 22.4 Å². The Morgan fingerprint density at radius 1 is 1.00 bits per heavy atom. The summed E-state index contributed by atoms with van der Waals surface area (Å²) in [6.07, 6.45) is 0. The van der Waals surface area contributed by atoms with Gasteiger partial charge in [0.15, 0.2) is 0 Å². The van der Waals surface area contributed by atoms with E-state index in [1.54, 1.807) is 42.5 Å². The lowest BCUT2D eigenvalue weighted by atomic mass is 10.1. The van der Waals surface area contributed by atoms with E-state index in [1.165, 1.54) is 42.2 Å². The zero-order valence-electron chi connectivity index (χ0n) is 22.6. The molecule has 10 heteroatoms. The quantitative estimate of drug-likeness (QED) is 0.347. The second-order valence-corrected chi connectivity index (χ2v) is 13.1. The number of benzene rings is 3. The van der Waals surface area contributed by atoms with Crippen LogP contribution in [0.1, 0.15) is 38.8 Å². The summed E-state index contributed by atoms with van der Waals surface area (Å²) in [7, 11) is -4.18. The average molecular weight is 619 g/mol. The monoisotopic (exact) mass is 617 g/mol. The summed E-state index contributed by atoms with van der Waals surface area (Å²) in [5.41, 5.74) is 0.774. The lowest BCUT2D eigenvalue weighted by Gasteiger charge is -2.33. The fourth-order valence-corrected chi connectivity index (χ4v) is 5.66. The van der Waals surface area contributed by atoms with E-state index in [1.807, 2.05) is 27.7 Å². The van der Waals surface area contributed by atoms with Gasteiger partial charge in [0.2, 0.25) is 11.8 Å². The first kappa shape index (κ1) is 30.3. The number of rotatable bonds is 9. The van der Waals surface area contributed by atoms with Crippen LogP contribution in [0.25, 0.3) is 0 Å². The highest BCUT2D eigenvalue weighted by Crippen LogP contribution is 2.27. The molecule has 0 spiro atoms. The van der Waals surface area contributed by atoms with Crippen molar-refractivity contribution in [2.24, 2.45) is 0 Å². The third kappa shape index (κ3) is 7.89. The Morgan fingerprint density at radius 3 is 2.23 bits per heavy atom. The zero-order valence-corrected chi connectivity index (χ0v) is 25.0. The topological polar surface area (TPSA) is 86.8 Å². The molecule has 39 heavy (non-hydrogen) atoms.